The van der Waals surface area contributed by atoms with Crippen LogP contribution in [-0.4, -0.2) is 13.7 Å². The van der Waals surface area contributed by atoms with Crippen LogP contribution in [0.5, 0.6) is 0 Å². The molecule has 0 nitrogen and oxygen atoms in total. The maximum absolute atomic E-state index is 2.45. The molecule has 0 radical (unpaired) electrons. The van der Waals surface area contributed by atoms with Crippen molar-refractivity contribution in [2.75, 3.05) is 5.75 Å². The van der Waals surface area contributed by atoms with E-state index in [0.717, 1.165) is 5.92 Å². The van der Waals surface area contributed by atoms with Crippen molar-refractivity contribution in [3.8, 4) is 0 Å². The molecule has 0 aromatic rings. The van der Waals surface area contributed by atoms with Crippen molar-refractivity contribution < 1.29 is 0 Å². The third-order valence-corrected chi connectivity index (χ3v) is 7.06. The average Bonchev–Trinajstić information content (AvgIpc) is 1.87. The van der Waals surface area contributed by atoms with Gasteiger partial charge in [-0.05, 0) is 17.7 Å². The highest BCUT2D eigenvalue weighted by molar-refractivity contribution is 8.25. The van der Waals surface area contributed by atoms with Gasteiger partial charge in [0.25, 0.3) is 0 Å². The Morgan fingerprint density at radius 1 is 1.71 bits per heavy atom. The Balaban J connectivity index is 2.26. The van der Waals surface area contributed by atoms with Gasteiger partial charge in [-0.1, -0.05) is 13.5 Å². The molecule has 0 spiro atoms. The predicted octanol–water partition coefficient (Wildman–Crippen LogP) is 1.72. The van der Waals surface area contributed by atoms with Crippen molar-refractivity contribution in [1.29, 1.82) is 0 Å². The zero-order valence-electron chi connectivity index (χ0n) is 4.98. The summed E-state index contributed by atoms with van der Waals surface area (Å²) in [4.78, 5) is 0. The van der Waals surface area contributed by atoms with Crippen LogP contribution in [0.3, 0.4) is 0 Å². The molecule has 0 aliphatic carbocycles. The van der Waals surface area contributed by atoms with E-state index in [4.69, 9.17) is 0 Å². The molecule has 0 bridgehead atoms. The molecule has 0 N–H and O–H groups in total. The van der Waals surface area contributed by atoms with Crippen molar-refractivity contribution in [2.45, 2.75) is 19.5 Å². The van der Waals surface area contributed by atoms with Gasteiger partial charge in [0.15, 0.2) is 0 Å². The molecule has 1 aliphatic rings. The van der Waals surface area contributed by atoms with Crippen LogP contribution in [0, 0.1) is 5.92 Å². The van der Waals surface area contributed by atoms with Crippen LogP contribution in [0.15, 0.2) is 0 Å². The van der Waals surface area contributed by atoms with E-state index in [1.54, 1.807) is 6.04 Å². The van der Waals surface area contributed by atoms with Crippen LogP contribution < -0.4 is 0 Å². The highest BCUT2D eigenvalue weighted by Gasteiger charge is 2.17. The van der Waals surface area contributed by atoms with Gasteiger partial charge in [0, 0.05) is 0 Å². The summed E-state index contributed by atoms with van der Waals surface area (Å²) < 4.78 is 0. The third kappa shape index (κ3) is 1.50. The summed E-state index contributed by atoms with van der Waals surface area (Å²) in [5.74, 6) is 2.50. The van der Waals surface area contributed by atoms with Gasteiger partial charge >= 0.3 is 0 Å². The third-order valence-electron chi connectivity index (χ3n) is 1.40. The first-order chi connectivity index (χ1) is 3.29. The van der Waals surface area contributed by atoms with Gasteiger partial charge in [-0.3, -0.25) is 0 Å². The molecule has 0 aromatic carbocycles. The monoisotopic (exact) mass is 132 g/mol. The molecule has 1 rings (SSSR count). The van der Waals surface area contributed by atoms with Gasteiger partial charge in [-0.2, -0.15) is 11.2 Å². The lowest BCUT2D eigenvalue weighted by molar-refractivity contribution is 0.756. The summed E-state index contributed by atoms with van der Waals surface area (Å²) in [7, 11) is -0.191. The van der Waals surface area contributed by atoms with Crippen LogP contribution >= 0.6 is 11.2 Å². The van der Waals surface area contributed by atoms with Gasteiger partial charge < -0.3 is 0 Å². The van der Waals surface area contributed by atoms with Gasteiger partial charge in [-0.15, -0.1) is 0 Å². The molecule has 1 saturated heterocycles. The maximum Gasteiger partial charge on any atom is 0.0985 e. The van der Waals surface area contributed by atoms with E-state index in [0.29, 0.717) is 0 Å². The minimum atomic E-state index is -0.191. The van der Waals surface area contributed by atoms with Gasteiger partial charge in [-0.25, -0.2) is 0 Å². The topological polar surface area (TPSA) is 0 Å². The lowest BCUT2D eigenvalue weighted by atomic mass is 10.3. The summed E-state index contributed by atoms with van der Waals surface area (Å²) in [5, 5.41) is 0. The first kappa shape index (κ1) is 5.70. The fourth-order valence-corrected chi connectivity index (χ4v) is 6.87. The highest BCUT2D eigenvalue weighted by atomic mass is 32.4. The predicted molar refractivity (Wildman–Crippen MR) is 39.4 cm³/mol. The fourth-order valence-electron chi connectivity index (χ4n) is 1.03. The Morgan fingerprint density at radius 3 is 2.57 bits per heavy atom. The van der Waals surface area contributed by atoms with Crippen LogP contribution in [0.4, 0.5) is 0 Å². The Bertz CT molecular complexity index is 57.1. The molecule has 2 atom stereocenters. The first-order valence-corrected chi connectivity index (χ1v) is 7.34. The van der Waals surface area contributed by atoms with E-state index in [-0.39, 0.29) is 7.95 Å². The molecule has 0 aromatic heterocycles. The van der Waals surface area contributed by atoms with Crippen molar-refractivity contribution in [3.05, 3.63) is 0 Å². The zero-order chi connectivity index (χ0) is 5.28. The smallest absolute Gasteiger partial charge is 0.0985 e. The fraction of sp³-hybridized carbons (Fsp3) is 1.00. The number of hydrogen-bond donors (Lipinski definition) is 0. The molecule has 1 heterocycles. The van der Waals surface area contributed by atoms with Crippen LogP contribution in [0.2, 0.25) is 12.6 Å². The van der Waals surface area contributed by atoms with Crippen molar-refractivity contribution in [1.82, 2.24) is 0 Å². The second-order valence-corrected chi connectivity index (χ2v) is 8.66. The van der Waals surface area contributed by atoms with E-state index >= 15 is 0 Å². The molecular weight excluding hydrogens is 120 g/mol. The van der Waals surface area contributed by atoms with E-state index in [9.17, 15) is 0 Å². The van der Waals surface area contributed by atoms with Gasteiger partial charge in [0.2, 0.25) is 0 Å². The quantitative estimate of drug-likeness (QED) is 0.452. The molecule has 1 aliphatic heterocycles. The van der Waals surface area contributed by atoms with Crippen molar-refractivity contribution in [3.63, 3.8) is 0 Å². The minimum Gasteiger partial charge on any atom is -0.189 e. The highest BCUT2D eigenvalue weighted by Crippen LogP contribution is 2.27. The molecule has 2 heteroatoms. The zero-order valence-corrected chi connectivity index (χ0v) is 6.95. The lowest BCUT2D eigenvalue weighted by Crippen LogP contribution is -1.94. The Morgan fingerprint density at radius 2 is 2.43 bits per heavy atom. The molecule has 2 unspecified atom stereocenters. The van der Waals surface area contributed by atoms with Crippen LogP contribution in [0.1, 0.15) is 6.92 Å². The SMILES string of the molecule is CC1CS[SiH](C)C1. The summed E-state index contributed by atoms with van der Waals surface area (Å²) in [6.45, 7) is 4.82. The molecule has 42 valence electrons. The number of hydrogen-bond acceptors (Lipinski definition) is 1. The van der Waals surface area contributed by atoms with Gasteiger partial charge in [0.05, 0.1) is 7.95 Å². The van der Waals surface area contributed by atoms with E-state index in [1.807, 2.05) is 0 Å². The van der Waals surface area contributed by atoms with E-state index in [1.165, 1.54) is 5.75 Å². The maximum atomic E-state index is 2.45. The second kappa shape index (κ2) is 2.22. The number of rotatable bonds is 0. The normalized spacial score (nSPS) is 42.0. The summed E-state index contributed by atoms with van der Waals surface area (Å²) >= 11 is 2.24. The van der Waals surface area contributed by atoms with E-state index < -0.39 is 0 Å². The van der Waals surface area contributed by atoms with Crippen molar-refractivity contribution in [2.24, 2.45) is 5.92 Å². The van der Waals surface area contributed by atoms with Crippen LogP contribution in [0.25, 0.3) is 0 Å². The Labute approximate surface area is 50.9 Å². The largest absolute Gasteiger partial charge is 0.189 e. The summed E-state index contributed by atoms with van der Waals surface area (Å²) in [5.41, 5.74) is 0. The summed E-state index contributed by atoms with van der Waals surface area (Å²) in [6.07, 6.45) is 0. The van der Waals surface area contributed by atoms with Gasteiger partial charge in [0.1, 0.15) is 0 Å². The minimum absolute atomic E-state index is 0.191. The molecule has 1 fully saturated rings. The molecule has 7 heavy (non-hydrogen) atoms. The average molecular weight is 132 g/mol. The molecular formula is C5H12SSi. The standard InChI is InChI=1S/C5H12SSi/c1-5-3-6-7(2)4-5/h5,7H,3-4H2,1-2H3. The Hall–Kier alpha value is 0.567. The summed E-state index contributed by atoms with van der Waals surface area (Å²) in [6, 6.07) is 1.57. The van der Waals surface area contributed by atoms with E-state index in [2.05, 4.69) is 24.7 Å². The molecule has 0 amide bonds. The second-order valence-electron chi connectivity index (χ2n) is 2.48. The van der Waals surface area contributed by atoms with Crippen LogP contribution in [-0.2, 0) is 0 Å². The lowest BCUT2D eigenvalue weighted by Gasteiger charge is -1.93. The van der Waals surface area contributed by atoms with Crippen molar-refractivity contribution >= 4 is 19.2 Å². The first-order valence-electron chi connectivity index (χ1n) is 2.90. The molecule has 0 saturated carbocycles. The Kier molecular flexibility index (Phi) is 1.81.